The lowest BCUT2D eigenvalue weighted by atomic mass is 9.48. The van der Waals surface area contributed by atoms with Crippen molar-refractivity contribution in [2.24, 2.45) is 23.2 Å². The monoisotopic (exact) mass is 381 g/mol. The molecule has 4 aliphatic rings. The van der Waals surface area contributed by atoms with E-state index in [0.29, 0.717) is 12.4 Å². The zero-order valence-electron chi connectivity index (χ0n) is 15.0. The maximum absolute atomic E-state index is 13.3. The molecule has 5 rings (SSSR count). The molecule has 4 bridgehead atoms. The molecule has 0 amide bonds. The molecule has 138 valence electrons. The number of Topliss-reactive ketones (excluding diaryl/α,β-unsaturated/α-hetero) is 1. The Labute approximate surface area is 157 Å². The third-order valence-electron chi connectivity index (χ3n) is 6.20. The molecule has 4 saturated carbocycles. The van der Waals surface area contributed by atoms with Crippen LogP contribution < -0.4 is 5.32 Å². The summed E-state index contributed by atoms with van der Waals surface area (Å²) in [4.78, 5) is 13.3. The number of carbonyl (C=O) groups excluding carboxylic acids is 1. The van der Waals surface area contributed by atoms with Crippen LogP contribution in [0.15, 0.2) is 4.34 Å². The molecule has 1 heterocycles. The van der Waals surface area contributed by atoms with Crippen LogP contribution >= 0.6 is 23.1 Å². The summed E-state index contributed by atoms with van der Waals surface area (Å²) >= 11 is 3.11. The number of ketones is 1. The van der Waals surface area contributed by atoms with Crippen LogP contribution in [0.25, 0.3) is 0 Å². The smallest absolute Gasteiger partial charge is 0.206 e. The van der Waals surface area contributed by atoms with Crippen molar-refractivity contribution in [2.45, 2.75) is 55.0 Å². The second kappa shape index (κ2) is 7.16. The number of anilines is 1. The van der Waals surface area contributed by atoms with Crippen LogP contribution in [0.5, 0.6) is 0 Å². The van der Waals surface area contributed by atoms with Gasteiger partial charge in [0, 0.05) is 19.1 Å². The Kier molecular flexibility index (Phi) is 5.08. The van der Waals surface area contributed by atoms with E-state index in [1.54, 1.807) is 18.9 Å². The predicted molar refractivity (Wildman–Crippen MR) is 101 cm³/mol. The normalized spacial score (nSPS) is 34.2. The molecule has 0 spiro atoms. The minimum atomic E-state index is -0.0315. The van der Waals surface area contributed by atoms with Gasteiger partial charge in [-0.2, -0.15) is 0 Å². The average molecular weight is 382 g/mol. The van der Waals surface area contributed by atoms with Crippen LogP contribution in [-0.2, 0) is 9.53 Å². The topological polar surface area (TPSA) is 64.1 Å². The van der Waals surface area contributed by atoms with Gasteiger partial charge in [0.25, 0.3) is 0 Å². The fourth-order valence-electron chi connectivity index (χ4n) is 5.64. The first-order valence-corrected chi connectivity index (χ1v) is 11.0. The van der Waals surface area contributed by atoms with Crippen molar-refractivity contribution in [3.05, 3.63) is 0 Å². The Morgan fingerprint density at radius 1 is 1.28 bits per heavy atom. The molecule has 0 saturated heterocycles. The van der Waals surface area contributed by atoms with Crippen molar-refractivity contribution in [2.75, 3.05) is 25.6 Å². The molecule has 7 heteroatoms. The van der Waals surface area contributed by atoms with Crippen LogP contribution in [0, 0.1) is 23.2 Å². The van der Waals surface area contributed by atoms with Gasteiger partial charge in [-0.15, -0.1) is 10.2 Å². The first kappa shape index (κ1) is 17.7. The number of ether oxygens (including phenoxy) is 1. The number of thioether (sulfide) groups is 1. The number of hydrogen-bond donors (Lipinski definition) is 1. The molecule has 1 N–H and O–H groups in total. The van der Waals surface area contributed by atoms with Gasteiger partial charge in [0.15, 0.2) is 10.1 Å². The lowest BCUT2D eigenvalue weighted by Gasteiger charge is -2.56. The zero-order chi connectivity index (χ0) is 17.4. The summed E-state index contributed by atoms with van der Waals surface area (Å²) < 4.78 is 5.91. The Hall–Kier alpha value is -0.660. The maximum atomic E-state index is 13.3. The van der Waals surface area contributed by atoms with Crippen LogP contribution in [0.3, 0.4) is 0 Å². The third-order valence-corrected chi connectivity index (χ3v) is 8.26. The second-order valence-electron chi connectivity index (χ2n) is 8.11. The molecule has 0 aromatic carbocycles. The van der Waals surface area contributed by atoms with Gasteiger partial charge in [-0.1, -0.05) is 23.1 Å². The van der Waals surface area contributed by atoms with Crippen molar-refractivity contribution in [3.8, 4) is 0 Å². The van der Waals surface area contributed by atoms with Crippen molar-refractivity contribution in [1.29, 1.82) is 0 Å². The molecule has 0 aliphatic heterocycles. The Balaban J connectivity index is 1.38. The molecule has 1 unspecified atom stereocenters. The summed E-state index contributed by atoms with van der Waals surface area (Å²) in [6, 6.07) is 0. The maximum Gasteiger partial charge on any atom is 0.206 e. The van der Waals surface area contributed by atoms with Crippen LogP contribution in [0.2, 0.25) is 0 Å². The number of nitrogens with zero attached hydrogens (tertiary/aromatic N) is 2. The quantitative estimate of drug-likeness (QED) is 0.545. The number of hydrogen-bond acceptors (Lipinski definition) is 7. The molecule has 25 heavy (non-hydrogen) atoms. The van der Waals surface area contributed by atoms with E-state index in [1.165, 1.54) is 30.6 Å². The number of nitrogens with one attached hydrogen (secondary N) is 1. The highest BCUT2D eigenvalue weighted by Crippen LogP contribution is 2.61. The van der Waals surface area contributed by atoms with Gasteiger partial charge in [0.05, 0.1) is 11.9 Å². The van der Waals surface area contributed by atoms with Crippen molar-refractivity contribution in [3.63, 3.8) is 0 Å². The van der Waals surface area contributed by atoms with Crippen molar-refractivity contribution >= 4 is 34.0 Å². The first-order valence-electron chi connectivity index (χ1n) is 9.35. The second-order valence-corrected chi connectivity index (χ2v) is 10.7. The predicted octanol–water partition coefficient (Wildman–Crippen LogP) is 3.86. The molecule has 1 atom stereocenters. The average Bonchev–Trinajstić information content (AvgIpc) is 3.00. The lowest BCUT2D eigenvalue weighted by molar-refractivity contribution is -0.142. The highest BCUT2D eigenvalue weighted by Gasteiger charge is 2.55. The summed E-state index contributed by atoms with van der Waals surface area (Å²) in [7, 11) is 1.68. The van der Waals surface area contributed by atoms with Gasteiger partial charge < -0.3 is 10.1 Å². The Bertz CT molecular complexity index is 598. The molecule has 0 radical (unpaired) electrons. The van der Waals surface area contributed by atoms with Crippen LogP contribution in [-0.4, -0.2) is 41.5 Å². The standard InChI is InChI=1S/C18H27N3O2S2/c1-11(24-17-21-20-16(25-17)19-3-4-23-2)15(22)18-8-12-5-13(9-18)7-14(6-12)10-18/h11-14H,3-10H2,1-2H3,(H,19,20). The fourth-order valence-corrected chi connectivity index (χ4v) is 7.75. The Morgan fingerprint density at radius 2 is 1.92 bits per heavy atom. The molecular weight excluding hydrogens is 354 g/mol. The van der Waals surface area contributed by atoms with Gasteiger partial charge in [-0.25, -0.2) is 0 Å². The number of rotatable bonds is 8. The number of aromatic nitrogens is 2. The van der Waals surface area contributed by atoms with Crippen LogP contribution in [0.4, 0.5) is 5.13 Å². The highest BCUT2D eigenvalue weighted by atomic mass is 32.2. The van der Waals surface area contributed by atoms with E-state index < -0.39 is 0 Å². The lowest BCUT2D eigenvalue weighted by Crippen LogP contribution is -2.51. The summed E-state index contributed by atoms with van der Waals surface area (Å²) in [6.07, 6.45) is 7.55. The van der Waals surface area contributed by atoms with Gasteiger partial charge in [0.2, 0.25) is 5.13 Å². The van der Waals surface area contributed by atoms with E-state index >= 15 is 0 Å². The van der Waals surface area contributed by atoms with Gasteiger partial charge in [0.1, 0.15) is 0 Å². The van der Waals surface area contributed by atoms with Crippen molar-refractivity contribution < 1.29 is 9.53 Å². The summed E-state index contributed by atoms with van der Waals surface area (Å²) in [6.45, 7) is 3.42. The summed E-state index contributed by atoms with van der Waals surface area (Å²) in [5, 5.41) is 12.4. The van der Waals surface area contributed by atoms with Gasteiger partial charge >= 0.3 is 0 Å². The van der Waals surface area contributed by atoms with Gasteiger partial charge in [-0.3, -0.25) is 4.79 Å². The van der Waals surface area contributed by atoms with E-state index in [4.69, 9.17) is 4.74 Å². The van der Waals surface area contributed by atoms with E-state index in [1.807, 2.05) is 0 Å². The van der Waals surface area contributed by atoms with E-state index in [2.05, 4.69) is 22.4 Å². The molecule has 1 aromatic heterocycles. The largest absolute Gasteiger partial charge is 0.383 e. The summed E-state index contributed by atoms with van der Waals surface area (Å²) in [5.41, 5.74) is -0.0224. The zero-order valence-corrected chi connectivity index (χ0v) is 16.6. The summed E-state index contributed by atoms with van der Waals surface area (Å²) in [5.74, 6) is 2.90. The molecule has 1 aromatic rings. The molecule has 4 aliphatic carbocycles. The SMILES string of the molecule is COCCNc1nnc(SC(C)C(=O)C23CC4CC(CC(C4)C2)C3)s1. The third kappa shape index (κ3) is 3.60. The first-order chi connectivity index (χ1) is 12.1. The van der Waals surface area contributed by atoms with E-state index in [9.17, 15) is 4.79 Å². The van der Waals surface area contributed by atoms with Crippen LogP contribution in [0.1, 0.15) is 45.4 Å². The van der Waals surface area contributed by atoms with E-state index in [-0.39, 0.29) is 10.7 Å². The minimum Gasteiger partial charge on any atom is -0.383 e. The van der Waals surface area contributed by atoms with E-state index in [0.717, 1.165) is 53.0 Å². The van der Waals surface area contributed by atoms with Gasteiger partial charge in [-0.05, 0) is 63.2 Å². The molecular formula is C18H27N3O2S2. The molecule has 5 nitrogen and oxygen atoms in total. The fraction of sp³-hybridized carbons (Fsp3) is 0.833. The molecule has 4 fully saturated rings. The Morgan fingerprint density at radius 3 is 2.52 bits per heavy atom. The highest BCUT2D eigenvalue weighted by molar-refractivity contribution is 8.02. The number of methoxy groups -OCH3 is 1. The van der Waals surface area contributed by atoms with Crippen molar-refractivity contribution in [1.82, 2.24) is 10.2 Å². The number of carbonyl (C=O) groups is 1. The minimum absolute atomic E-state index is 0.0224.